The van der Waals surface area contributed by atoms with Crippen LogP contribution in [0.15, 0.2) is 121 Å². The number of hydrogen-bond donors (Lipinski definition) is 0. The van der Waals surface area contributed by atoms with Crippen molar-refractivity contribution in [2.75, 3.05) is 19.6 Å². The summed E-state index contributed by atoms with van der Waals surface area (Å²) in [6.45, 7) is 10.1. The number of benzene rings is 4. The minimum Gasteiger partial charge on any atom is -0.249 e. The lowest BCUT2D eigenvalue weighted by molar-refractivity contribution is -0.0191. The minimum atomic E-state index is -0.710. The molecule has 1 fully saturated rings. The Morgan fingerprint density at radius 3 is 1.33 bits per heavy atom. The standard InChI is InChI=1S/C34H41N3P2/c1-4-7-28-37(38(31-24-16-10-17-25-31)32-26-18-11-19-27-32)39-33(29-20-12-8-13-21-29)35(5-2)36(6-3)34(39)30-22-14-9-15-23-30/h8-27,33-34H,4-7,28H2,1-3H3/t33-,34+,39?. The third-order valence-corrected chi connectivity index (χ3v) is 13.7. The fraction of sp³-hybridized carbons (Fsp3) is 0.294. The second-order valence-corrected chi connectivity index (χ2v) is 14.6. The molecule has 0 N–H and O–H groups in total. The van der Waals surface area contributed by atoms with Gasteiger partial charge in [0.2, 0.25) is 0 Å². The number of hydrogen-bond acceptors (Lipinski definition) is 3. The molecule has 39 heavy (non-hydrogen) atoms. The molecule has 1 saturated heterocycles. The van der Waals surface area contributed by atoms with Gasteiger partial charge in [0, 0.05) is 35.8 Å². The molecule has 5 heteroatoms. The fourth-order valence-electron chi connectivity index (χ4n) is 5.72. The largest absolute Gasteiger partial charge is 0.249 e. The van der Waals surface area contributed by atoms with Gasteiger partial charge in [-0.05, 0) is 28.2 Å². The van der Waals surface area contributed by atoms with Crippen LogP contribution >= 0.6 is 16.1 Å². The summed E-state index contributed by atoms with van der Waals surface area (Å²) in [7, 11) is -1.37. The molecule has 1 aliphatic heterocycles. The van der Waals surface area contributed by atoms with E-state index in [0.29, 0.717) is 11.6 Å². The van der Waals surface area contributed by atoms with E-state index in [1.807, 2.05) is 0 Å². The molecule has 0 aliphatic carbocycles. The van der Waals surface area contributed by atoms with Crippen molar-refractivity contribution < 1.29 is 0 Å². The summed E-state index contributed by atoms with van der Waals surface area (Å²) in [5.41, 5.74) is 2.86. The van der Waals surface area contributed by atoms with Crippen LogP contribution in [-0.4, -0.2) is 34.1 Å². The molecule has 0 aromatic heterocycles. The van der Waals surface area contributed by atoms with Crippen LogP contribution in [0.5, 0.6) is 0 Å². The van der Waals surface area contributed by atoms with Crippen LogP contribution in [0.3, 0.4) is 0 Å². The highest BCUT2D eigenvalue weighted by Crippen LogP contribution is 2.75. The second kappa shape index (κ2) is 13.8. The Balaban J connectivity index is 1.75. The maximum absolute atomic E-state index is 2.98. The van der Waals surface area contributed by atoms with Crippen molar-refractivity contribution in [3.05, 3.63) is 132 Å². The van der Waals surface area contributed by atoms with Crippen LogP contribution in [0.2, 0.25) is 0 Å². The molecule has 0 radical (unpaired) electrons. The maximum atomic E-state index is 2.98. The Morgan fingerprint density at radius 1 is 0.590 bits per heavy atom. The van der Waals surface area contributed by atoms with Gasteiger partial charge in [-0.15, -0.1) is 0 Å². The maximum Gasteiger partial charge on any atom is 0.0847 e. The highest BCUT2D eigenvalue weighted by molar-refractivity contribution is 7.79. The average molecular weight is 554 g/mol. The molecule has 4 aromatic rings. The van der Waals surface area contributed by atoms with E-state index in [2.05, 4.69) is 157 Å². The summed E-state index contributed by atoms with van der Waals surface area (Å²) < 4.78 is 2.98. The summed E-state index contributed by atoms with van der Waals surface area (Å²) in [6.07, 6.45) is 2.38. The Bertz CT molecular complexity index is 1160. The molecule has 1 unspecified atom stereocenters. The van der Waals surface area contributed by atoms with Gasteiger partial charge < -0.3 is 0 Å². The van der Waals surface area contributed by atoms with E-state index in [1.54, 1.807) is 0 Å². The van der Waals surface area contributed by atoms with Crippen molar-refractivity contribution in [2.45, 2.75) is 45.2 Å². The van der Waals surface area contributed by atoms with Crippen LogP contribution in [-0.2, 0) is 0 Å². The quantitative estimate of drug-likeness (QED) is 0.172. The molecule has 4 aromatic carbocycles. The molecule has 3 nitrogen and oxygen atoms in total. The lowest BCUT2D eigenvalue weighted by Crippen LogP contribution is -2.38. The van der Waals surface area contributed by atoms with E-state index in [9.17, 15) is 0 Å². The van der Waals surface area contributed by atoms with Gasteiger partial charge in [0.1, 0.15) is 0 Å². The second-order valence-electron chi connectivity index (χ2n) is 9.89. The Hall–Kier alpha value is -2.38. The lowest BCUT2D eigenvalue weighted by Gasteiger charge is -2.42. The highest BCUT2D eigenvalue weighted by atomic mass is 31.2. The normalized spacial score (nSPS) is 20.2. The van der Waals surface area contributed by atoms with E-state index < -0.39 is 16.1 Å². The monoisotopic (exact) mass is 553 g/mol. The van der Waals surface area contributed by atoms with Crippen molar-refractivity contribution in [3.8, 4) is 0 Å². The molecule has 3 atom stereocenters. The Labute approximate surface area is 238 Å². The summed E-state index contributed by atoms with van der Waals surface area (Å²) in [5.74, 6) is 0.649. The van der Waals surface area contributed by atoms with Crippen LogP contribution in [0.1, 0.15) is 56.3 Å². The summed E-state index contributed by atoms with van der Waals surface area (Å²) in [5, 5.41) is 8.24. The van der Waals surface area contributed by atoms with Crippen LogP contribution in [0.25, 0.3) is 0 Å². The smallest absolute Gasteiger partial charge is 0.0847 e. The fourth-order valence-corrected chi connectivity index (χ4v) is 13.1. The SMILES string of the molecule is CCCCN(P(c1ccccc1)c1ccccc1)P1[C@H](c2ccccc2)N(CC)N(CC)[C@@H]1c1ccccc1. The predicted octanol–water partition coefficient (Wildman–Crippen LogP) is 8.50. The van der Waals surface area contributed by atoms with Crippen LogP contribution in [0.4, 0.5) is 0 Å². The van der Waals surface area contributed by atoms with E-state index in [4.69, 9.17) is 0 Å². The van der Waals surface area contributed by atoms with Crippen molar-refractivity contribution in [1.29, 1.82) is 0 Å². The molecule has 0 bridgehead atoms. The van der Waals surface area contributed by atoms with E-state index in [-0.39, 0.29) is 0 Å². The highest BCUT2D eigenvalue weighted by Gasteiger charge is 2.51. The molecule has 0 spiro atoms. The van der Waals surface area contributed by atoms with Crippen molar-refractivity contribution in [3.63, 3.8) is 0 Å². The third-order valence-electron chi connectivity index (χ3n) is 7.45. The molecule has 0 saturated carbocycles. The lowest BCUT2D eigenvalue weighted by atomic mass is 10.2. The van der Waals surface area contributed by atoms with Crippen molar-refractivity contribution in [1.82, 2.24) is 14.5 Å². The first-order chi connectivity index (χ1) is 19.3. The molecule has 202 valence electrons. The average Bonchev–Trinajstić information content (AvgIpc) is 3.35. The molecule has 5 rings (SSSR count). The first kappa shape index (κ1) is 28.2. The van der Waals surface area contributed by atoms with Gasteiger partial charge in [-0.25, -0.2) is 14.5 Å². The minimum absolute atomic E-state index is 0.325. The van der Waals surface area contributed by atoms with E-state index in [1.165, 1.54) is 34.6 Å². The van der Waals surface area contributed by atoms with Gasteiger partial charge in [0.05, 0.1) is 11.6 Å². The van der Waals surface area contributed by atoms with Gasteiger partial charge in [0.25, 0.3) is 0 Å². The van der Waals surface area contributed by atoms with Gasteiger partial charge in [-0.1, -0.05) is 149 Å². The molecule has 0 amide bonds. The van der Waals surface area contributed by atoms with Gasteiger partial charge in [0.15, 0.2) is 0 Å². The number of unbranched alkanes of at least 4 members (excludes halogenated alkanes) is 1. The summed E-state index contributed by atoms with van der Waals surface area (Å²) in [4.78, 5) is 0. The summed E-state index contributed by atoms with van der Waals surface area (Å²) in [6, 6.07) is 45.2. The molecular weight excluding hydrogens is 512 g/mol. The molecular formula is C34H41N3P2. The Kier molecular flexibility index (Phi) is 9.96. The first-order valence-corrected chi connectivity index (χ1v) is 17.1. The van der Waals surface area contributed by atoms with Gasteiger partial charge >= 0.3 is 0 Å². The molecule has 1 heterocycles. The van der Waals surface area contributed by atoms with Gasteiger partial charge in [-0.3, -0.25) is 0 Å². The third kappa shape index (κ3) is 6.04. The number of rotatable bonds is 11. The molecule has 1 aliphatic rings. The van der Waals surface area contributed by atoms with E-state index in [0.717, 1.165) is 19.6 Å². The van der Waals surface area contributed by atoms with Gasteiger partial charge in [-0.2, -0.15) is 0 Å². The number of hydrazine groups is 1. The Morgan fingerprint density at radius 2 is 0.974 bits per heavy atom. The zero-order chi connectivity index (χ0) is 27.0. The zero-order valence-electron chi connectivity index (χ0n) is 23.5. The first-order valence-electron chi connectivity index (χ1n) is 14.4. The van der Waals surface area contributed by atoms with Crippen LogP contribution in [0, 0.1) is 0 Å². The van der Waals surface area contributed by atoms with E-state index >= 15 is 0 Å². The summed E-state index contributed by atoms with van der Waals surface area (Å²) >= 11 is 0. The van der Waals surface area contributed by atoms with Crippen molar-refractivity contribution >= 4 is 26.8 Å². The van der Waals surface area contributed by atoms with Crippen LogP contribution < -0.4 is 10.6 Å². The number of nitrogens with zero attached hydrogens (tertiary/aromatic N) is 3. The topological polar surface area (TPSA) is 9.72 Å². The van der Waals surface area contributed by atoms with Crippen molar-refractivity contribution in [2.24, 2.45) is 0 Å². The zero-order valence-corrected chi connectivity index (χ0v) is 25.3. The predicted molar refractivity (Wildman–Crippen MR) is 171 cm³/mol.